The molecule has 2 atom stereocenters. The summed E-state index contributed by atoms with van der Waals surface area (Å²) in [4.78, 5) is 4.08. The average molecular weight is 516 g/mol. The van der Waals surface area contributed by atoms with E-state index in [1.54, 1.807) is 0 Å². The molecule has 35 heavy (non-hydrogen) atoms. The normalized spacial score (nSPS) is 14.2. The van der Waals surface area contributed by atoms with Crippen LogP contribution in [0.3, 0.4) is 0 Å². The quantitative estimate of drug-likeness (QED) is 0.353. The number of fused-ring (bicyclic) bond motifs is 1. The highest BCUT2D eigenvalue weighted by Gasteiger charge is 2.32. The molecule has 7 nitrogen and oxygen atoms in total. The van der Waals surface area contributed by atoms with Gasteiger partial charge in [0, 0.05) is 40.7 Å². The van der Waals surface area contributed by atoms with Gasteiger partial charge in [-0.25, -0.2) is 17.8 Å². The fraction of sp³-hybridized carbons (Fsp3) is 0.280. The average Bonchev–Trinajstić information content (AvgIpc) is 3.22. The molecule has 0 fully saturated rings. The lowest BCUT2D eigenvalue weighted by molar-refractivity contribution is 0.459. The number of nitrogens with zero attached hydrogens (tertiary/aromatic N) is 2. The van der Waals surface area contributed by atoms with Crippen molar-refractivity contribution in [3.63, 3.8) is 0 Å². The molecule has 0 aliphatic carbocycles. The first-order chi connectivity index (χ1) is 16.4. The third-order valence-electron chi connectivity index (χ3n) is 5.41. The van der Waals surface area contributed by atoms with E-state index in [-0.39, 0.29) is 6.42 Å². The van der Waals surface area contributed by atoms with E-state index in [0.717, 1.165) is 28.8 Å². The summed E-state index contributed by atoms with van der Waals surface area (Å²) in [6, 6.07) is 17.0. The van der Waals surface area contributed by atoms with Crippen LogP contribution in [0.5, 0.6) is 0 Å². The summed E-state index contributed by atoms with van der Waals surface area (Å²) in [6.45, 7) is 5.55. The van der Waals surface area contributed by atoms with Gasteiger partial charge < -0.3 is 9.08 Å². The van der Waals surface area contributed by atoms with Gasteiger partial charge in [0.05, 0.1) is 6.04 Å². The molecule has 0 aliphatic heterocycles. The van der Waals surface area contributed by atoms with Crippen molar-refractivity contribution in [2.75, 3.05) is 6.26 Å². The zero-order chi connectivity index (χ0) is 25.4. The smallest absolute Gasteiger partial charge is 0.195 e. The molecule has 2 aromatic carbocycles. The predicted molar refractivity (Wildman–Crippen MR) is 134 cm³/mol. The number of sulfone groups is 1. The van der Waals surface area contributed by atoms with Gasteiger partial charge in [0.15, 0.2) is 26.3 Å². The maximum absolute atomic E-state index is 14.2. The van der Waals surface area contributed by atoms with E-state index in [1.807, 2.05) is 69.3 Å². The first kappa shape index (κ1) is 25.3. The van der Waals surface area contributed by atoms with Crippen LogP contribution in [0.4, 0.5) is 4.39 Å². The minimum Gasteiger partial charge on any atom is -0.598 e. The lowest BCUT2D eigenvalue weighted by atomic mass is 9.94. The maximum atomic E-state index is 14.2. The first-order valence-corrected chi connectivity index (χ1v) is 14.0. The summed E-state index contributed by atoms with van der Waals surface area (Å²) >= 11 is -1.46. The van der Waals surface area contributed by atoms with E-state index >= 15 is 0 Å². The summed E-state index contributed by atoms with van der Waals surface area (Å²) in [5, 5.41) is 4.50. The summed E-state index contributed by atoms with van der Waals surface area (Å²) in [5.41, 5.74) is 3.16. The van der Waals surface area contributed by atoms with Gasteiger partial charge in [0.1, 0.15) is 10.4 Å². The van der Waals surface area contributed by atoms with Crippen molar-refractivity contribution in [1.82, 2.24) is 14.9 Å². The predicted octanol–water partition coefficient (Wildman–Crippen LogP) is 4.77. The molecule has 0 saturated carbocycles. The van der Waals surface area contributed by atoms with Gasteiger partial charge >= 0.3 is 0 Å². The van der Waals surface area contributed by atoms with E-state index in [0.29, 0.717) is 17.0 Å². The van der Waals surface area contributed by atoms with Gasteiger partial charge in [-0.2, -0.15) is 0 Å². The molecular weight excluding hydrogens is 489 g/mol. The van der Waals surface area contributed by atoms with E-state index < -0.39 is 42.8 Å². The number of aromatic nitrogens is 2. The molecule has 0 saturated heterocycles. The largest absolute Gasteiger partial charge is 0.598 e. The Morgan fingerprint density at radius 1 is 1.09 bits per heavy atom. The number of rotatable bonds is 7. The van der Waals surface area contributed by atoms with Crippen molar-refractivity contribution in [2.45, 2.75) is 43.0 Å². The highest BCUT2D eigenvalue weighted by atomic mass is 32.2. The molecule has 4 rings (SSSR count). The van der Waals surface area contributed by atoms with Gasteiger partial charge in [0.2, 0.25) is 0 Å². The van der Waals surface area contributed by atoms with Crippen molar-refractivity contribution >= 4 is 32.2 Å². The number of hydrogen-bond donors (Lipinski definition) is 1. The molecule has 0 spiro atoms. The number of nitrogens with one attached hydrogen (secondary N) is 1. The zero-order valence-corrected chi connectivity index (χ0v) is 21.4. The summed E-state index contributed by atoms with van der Waals surface area (Å²) < 4.78 is 59.4. The highest BCUT2D eigenvalue weighted by molar-refractivity contribution is 7.91. The minimum absolute atomic E-state index is 0.164. The van der Waals surface area contributed by atoms with Gasteiger partial charge in [0.25, 0.3) is 0 Å². The molecule has 2 aromatic heterocycles. The molecule has 184 valence electrons. The third kappa shape index (κ3) is 5.56. The van der Waals surface area contributed by atoms with Crippen molar-refractivity contribution in [2.24, 2.45) is 0 Å². The van der Waals surface area contributed by atoms with Crippen LogP contribution >= 0.6 is 0 Å². The maximum Gasteiger partial charge on any atom is 0.195 e. The van der Waals surface area contributed by atoms with Crippen LogP contribution < -0.4 is 4.72 Å². The number of benzene rings is 2. The van der Waals surface area contributed by atoms with E-state index in [2.05, 4.69) is 14.9 Å². The minimum atomic E-state index is -3.86. The lowest BCUT2D eigenvalue weighted by Crippen LogP contribution is -2.42. The zero-order valence-electron chi connectivity index (χ0n) is 19.8. The topological polar surface area (TPSA) is 108 Å². The van der Waals surface area contributed by atoms with E-state index in [4.69, 9.17) is 4.52 Å². The second kappa shape index (κ2) is 9.69. The number of halogens is 1. The Labute approximate surface area is 207 Å². The standard InChI is InChI=1S/C25H26FN3O4S2/c1-25(2,3)34(30)29-21(15-16-13-14-20(26)24(27-16)35(4,31)32)17-9-5-6-10-18(17)23-19-11-7-8-12-22(19)33-28-23/h5-14,21,29H,15H2,1-4H3/t21-,34-/m0/s1. The molecular formula is C25H26FN3O4S2. The van der Waals surface area contributed by atoms with Gasteiger partial charge in [-0.05, 0) is 50.6 Å². The summed E-state index contributed by atoms with van der Waals surface area (Å²) in [5.74, 6) is -0.909. The van der Waals surface area contributed by atoms with Crippen LogP contribution in [-0.4, -0.2) is 34.1 Å². The Balaban J connectivity index is 1.82. The second-order valence-electron chi connectivity index (χ2n) is 9.23. The molecule has 0 amide bonds. The summed E-state index contributed by atoms with van der Waals surface area (Å²) in [6.07, 6.45) is 1.08. The van der Waals surface area contributed by atoms with Gasteiger partial charge in [-0.15, -0.1) is 4.72 Å². The Kier molecular flexibility index (Phi) is 7.01. The molecule has 1 N–H and O–H groups in total. The van der Waals surface area contributed by atoms with Crippen LogP contribution in [0, 0.1) is 5.82 Å². The van der Waals surface area contributed by atoms with Crippen LogP contribution in [0.15, 0.2) is 70.2 Å². The monoisotopic (exact) mass is 515 g/mol. The lowest BCUT2D eigenvalue weighted by Gasteiger charge is -2.29. The Bertz CT molecular complexity index is 1470. The number of para-hydroxylation sites is 1. The van der Waals surface area contributed by atoms with Crippen LogP contribution in [0.1, 0.15) is 38.1 Å². The second-order valence-corrected chi connectivity index (χ2v) is 13.2. The summed E-state index contributed by atoms with van der Waals surface area (Å²) in [7, 11) is -3.86. The molecule has 4 aromatic rings. The highest BCUT2D eigenvalue weighted by Crippen LogP contribution is 2.35. The van der Waals surface area contributed by atoms with E-state index in [1.165, 1.54) is 6.07 Å². The Hall–Kier alpha value is -2.79. The molecule has 2 heterocycles. The fourth-order valence-corrected chi connectivity index (χ4v) is 5.19. The number of hydrogen-bond acceptors (Lipinski definition) is 7. The van der Waals surface area contributed by atoms with Crippen molar-refractivity contribution in [3.8, 4) is 11.3 Å². The van der Waals surface area contributed by atoms with Gasteiger partial charge in [-0.1, -0.05) is 41.6 Å². The SMILES string of the molecule is CC(C)(C)[S@+]([O-])N[C@@H](Cc1ccc(F)c(S(C)(=O)=O)n1)c1ccccc1-c1noc2ccccc12. The molecule has 0 unspecified atom stereocenters. The first-order valence-electron chi connectivity index (χ1n) is 10.9. The van der Waals surface area contributed by atoms with Crippen LogP contribution in [0.2, 0.25) is 0 Å². The van der Waals surface area contributed by atoms with Crippen molar-refractivity contribution in [3.05, 3.63) is 77.7 Å². The Morgan fingerprint density at radius 2 is 1.77 bits per heavy atom. The Morgan fingerprint density at radius 3 is 2.49 bits per heavy atom. The molecule has 10 heteroatoms. The molecule has 0 bridgehead atoms. The van der Waals surface area contributed by atoms with Crippen LogP contribution in [0.25, 0.3) is 22.2 Å². The molecule has 0 radical (unpaired) electrons. The van der Waals surface area contributed by atoms with Gasteiger partial charge in [-0.3, -0.25) is 0 Å². The third-order valence-corrected chi connectivity index (χ3v) is 8.01. The van der Waals surface area contributed by atoms with Crippen molar-refractivity contribution < 1.29 is 21.9 Å². The van der Waals surface area contributed by atoms with Crippen LogP contribution in [-0.2, 0) is 27.6 Å². The number of pyridine rings is 1. The molecule has 0 aliphatic rings. The fourth-order valence-electron chi connectivity index (χ4n) is 3.66. The van der Waals surface area contributed by atoms with E-state index in [9.17, 15) is 17.4 Å². The van der Waals surface area contributed by atoms with Crippen molar-refractivity contribution in [1.29, 1.82) is 0 Å².